The Hall–Kier alpha value is -1.48. The number of halogens is 1. The summed E-state index contributed by atoms with van der Waals surface area (Å²) < 4.78 is 31.8. The van der Waals surface area contributed by atoms with Gasteiger partial charge in [-0.15, -0.1) is 0 Å². The van der Waals surface area contributed by atoms with Crippen LogP contribution < -0.4 is 0 Å². The predicted molar refractivity (Wildman–Crippen MR) is 84.5 cm³/mol. The lowest BCUT2D eigenvalue weighted by molar-refractivity contribution is 0.166. The van der Waals surface area contributed by atoms with E-state index >= 15 is 0 Å². The van der Waals surface area contributed by atoms with Crippen LogP contribution in [0.5, 0.6) is 0 Å². The van der Waals surface area contributed by atoms with Crippen molar-refractivity contribution < 1.29 is 12.9 Å². The van der Waals surface area contributed by atoms with Gasteiger partial charge in [-0.2, -0.15) is 4.31 Å². The van der Waals surface area contributed by atoms with Crippen LogP contribution in [0.2, 0.25) is 5.15 Å². The Bertz CT molecular complexity index is 768. The molecule has 3 heterocycles. The number of hydrogen-bond donors (Lipinski definition) is 0. The molecule has 7 nitrogen and oxygen atoms in total. The topological polar surface area (TPSA) is 79.5 Å². The van der Waals surface area contributed by atoms with Gasteiger partial charge in [0.25, 0.3) is 0 Å². The van der Waals surface area contributed by atoms with Crippen molar-refractivity contribution in [1.82, 2.24) is 19.3 Å². The van der Waals surface area contributed by atoms with Crippen molar-refractivity contribution in [1.29, 1.82) is 0 Å². The monoisotopic (exact) mass is 356 g/mol. The van der Waals surface area contributed by atoms with Crippen LogP contribution in [0.3, 0.4) is 0 Å². The molecule has 0 aliphatic carbocycles. The average molecular weight is 357 g/mol. The molecule has 3 rings (SSSR count). The molecule has 0 unspecified atom stereocenters. The van der Waals surface area contributed by atoms with Crippen LogP contribution in [0, 0.1) is 6.92 Å². The second-order valence-electron chi connectivity index (χ2n) is 5.43. The lowest BCUT2D eigenvalue weighted by Crippen LogP contribution is -2.48. The Kier molecular flexibility index (Phi) is 4.67. The second-order valence-corrected chi connectivity index (χ2v) is 7.76. The average Bonchev–Trinajstić information content (AvgIpc) is 2.93. The SMILES string of the molecule is Cc1cc(CN2CCN(S(=O)(=O)c3ccc(Cl)nc3)CC2)on1. The van der Waals surface area contributed by atoms with Crippen molar-refractivity contribution >= 4 is 21.6 Å². The molecule has 9 heteroatoms. The number of pyridine rings is 1. The molecule has 0 atom stereocenters. The van der Waals surface area contributed by atoms with Crippen molar-refractivity contribution in [3.05, 3.63) is 41.0 Å². The van der Waals surface area contributed by atoms with Gasteiger partial charge in [-0.25, -0.2) is 13.4 Å². The molecule has 0 spiro atoms. The molecular formula is C14H17ClN4O3S. The zero-order valence-electron chi connectivity index (χ0n) is 12.6. The first-order valence-electron chi connectivity index (χ1n) is 7.21. The molecule has 124 valence electrons. The van der Waals surface area contributed by atoms with Crippen LogP contribution in [0.4, 0.5) is 0 Å². The maximum absolute atomic E-state index is 12.6. The van der Waals surface area contributed by atoms with Crippen molar-refractivity contribution in [2.24, 2.45) is 0 Å². The van der Waals surface area contributed by atoms with Gasteiger partial charge in [0.1, 0.15) is 10.0 Å². The van der Waals surface area contributed by atoms with Crippen LogP contribution in [-0.2, 0) is 16.6 Å². The molecule has 0 N–H and O–H groups in total. The number of aromatic nitrogens is 2. The minimum absolute atomic E-state index is 0.168. The second kappa shape index (κ2) is 6.56. The van der Waals surface area contributed by atoms with Gasteiger partial charge in [-0.1, -0.05) is 16.8 Å². The number of aryl methyl sites for hydroxylation is 1. The summed E-state index contributed by atoms with van der Waals surface area (Å²) in [5.74, 6) is 0.792. The van der Waals surface area contributed by atoms with Crippen molar-refractivity contribution in [3.63, 3.8) is 0 Å². The number of hydrogen-bond acceptors (Lipinski definition) is 6. The van der Waals surface area contributed by atoms with E-state index < -0.39 is 10.0 Å². The summed E-state index contributed by atoms with van der Waals surface area (Å²) >= 11 is 5.71. The van der Waals surface area contributed by atoms with Crippen LogP contribution >= 0.6 is 11.6 Å². The standard InChI is InChI=1S/C14H17ClN4O3S/c1-11-8-12(22-17-11)10-18-4-6-19(7-5-18)23(20,21)13-2-3-14(15)16-9-13/h2-3,8-9H,4-7,10H2,1H3. The third-order valence-corrected chi connectivity index (χ3v) is 5.83. The molecule has 0 bridgehead atoms. The van der Waals surface area contributed by atoms with Crippen molar-refractivity contribution in [2.75, 3.05) is 26.2 Å². The lowest BCUT2D eigenvalue weighted by atomic mass is 10.3. The molecule has 0 saturated carbocycles. The van der Waals surface area contributed by atoms with Crippen molar-refractivity contribution in [3.8, 4) is 0 Å². The maximum atomic E-state index is 12.6. The lowest BCUT2D eigenvalue weighted by Gasteiger charge is -2.33. The van der Waals surface area contributed by atoms with E-state index in [0.717, 1.165) is 11.5 Å². The van der Waals surface area contributed by atoms with Crippen molar-refractivity contribution in [2.45, 2.75) is 18.4 Å². The minimum atomic E-state index is -3.52. The van der Waals surface area contributed by atoms with E-state index in [-0.39, 0.29) is 10.0 Å². The first-order valence-corrected chi connectivity index (χ1v) is 9.03. The highest BCUT2D eigenvalue weighted by atomic mass is 35.5. The van der Waals surface area contributed by atoms with E-state index in [1.165, 1.54) is 22.6 Å². The molecule has 0 radical (unpaired) electrons. The smallest absolute Gasteiger partial charge is 0.244 e. The van der Waals surface area contributed by atoms with Gasteiger partial charge < -0.3 is 4.52 Å². The molecule has 1 fully saturated rings. The number of sulfonamides is 1. The van der Waals surface area contributed by atoms with E-state index in [9.17, 15) is 8.42 Å². The van der Waals surface area contributed by atoms with Gasteiger partial charge in [0, 0.05) is 38.4 Å². The summed E-state index contributed by atoms with van der Waals surface area (Å²) in [5.41, 5.74) is 0.844. The fourth-order valence-corrected chi connectivity index (χ4v) is 3.98. The summed E-state index contributed by atoms with van der Waals surface area (Å²) in [4.78, 5) is 6.16. The molecule has 1 saturated heterocycles. The quantitative estimate of drug-likeness (QED) is 0.773. The Morgan fingerprint density at radius 2 is 2.00 bits per heavy atom. The Morgan fingerprint density at radius 1 is 1.26 bits per heavy atom. The van der Waals surface area contributed by atoms with E-state index in [4.69, 9.17) is 16.1 Å². The van der Waals surface area contributed by atoms with Crippen LogP contribution in [0.15, 0.2) is 33.8 Å². The van der Waals surface area contributed by atoms with Gasteiger partial charge in [-0.3, -0.25) is 4.90 Å². The first-order chi connectivity index (χ1) is 10.9. The Morgan fingerprint density at radius 3 is 2.57 bits per heavy atom. The van der Waals surface area contributed by atoms with Gasteiger partial charge in [-0.05, 0) is 19.1 Å². The summed E-state index contributed by atoms with van der Waals surface area (Å²) in [7, 11) is -3.52. The maximum Gasteiger partial charge on any atom is 0.244 e. The van der Waals surface area contributed by atoms with Gasteiger partial charge >= 0.3 is 0 Å². The summed E-state index contributed by atoms with van der Waals surface area (Å²) in [6, 6.07) is 4.85. The third kappa shape index (κ3) is 3.72. The van der Waals surface area contributed by atoms with E-state index in [1.807, 2.05) is 13.0 Å². The number of piperazine rings is 1. The van der Waals surface area contributed by atoms with Crippen LogP contribution in [0.1, 0.15) is 11.5 Å². The van der Waals surface area contributed by atoms with E-state index in [1.54, 1.807) is 0 Å². The largest absolute Gasteiger partial charge is 0.360 e. The molecule has 2 aromatic heterocycles. The fraction of sp³-hybridized carbons (Fsp3) is 0.429. The molecule has 1 aliphatic heterocycles. The third-order valence-electron chi connectivity index (χ3n) is 3.73. The summed E-state index contributed by atoms with van der Waals surface area (Å²) in [5, 5.41) is 4.13. The van der Waals surface area contributed by atoms with E-state index in [0.29, 0.717) is 32.7 Å². The van der Waals surface area contributed by atoms with Gasteiger partial charge in [0.05, 0.1) is 12.2 Å². The zero-order valence-corrected chi connectivity index (χ0v) is 14.2. The summed E-state index contributed by atoms with van der Waals surface area (Å²) in [6.45, 7) is 4.64. The van der Waals surface area contributed by atoms with Gasteiger partial charge in [0.2, 0.25) is 10.0 Å². The number of nitrogens with zero attached hydrogens (tertiary/aromatic N) is 4. The number of rotatable bonds is 4. The highest BCUT2D eigenvalue weighted by Gasteiger charge is 2.29. The first kappa shape index (κ1) is 16.4. The zero-order chi connectivity index (χ0) is 16.4. The normalized spacial score (nSPS) is 17.5. The predicted octanol–water partition coefficient (Wildman–Crippen LogP) is 1.54. The Labute approximate surface area is 139 Å². The van der Waals surface area contributed by atoms with Gasteiger partial charge in [0.15, 0.2) is 5.76 Å². The fourth-order valence-electron chi connectivity index (χ4n) is 2.50. The molecule has 1 aliphatic rings. The highest BCUT2D eigenvalue weighted by molar-refractivity contribution is 7.89. The van der Waals surface area contributed by atoms with E-state index in [2.05, 4.69) is 15.0 Å². The molecule has 0 amide bonds. The molecule has 23 heavy (non-hydrogen) atoms. The molecule has 2 aromatic rings. The molecular weight excluding hydrogens is 340 g/mol. The molecule has 0 aromatic carbocycles. The van der Waals surface area contributed by atoms with Crippen LogP contribution in [0.25, 0.3) is 0 Å². The minimum Gasteiger partial charge on any atom is -0.360 e. The highest BCUT2D eigenvalue weighted by Crippen LogP contribution is 2.19. The Balaban J connectivity index is 1.62. The summed E-state index contributed by atoms with van der Waals surface area (Å²) in [6.07, 6.45) is 1.29. The van der Waals surface area contributed by atoms with Crippen LogP contribution in [-0.4, -0.2) is 53.9 Å².